The summed E-state index contributed by atoms with van der Waals surface area (Å²) in [6.07, 6.45) is 2.88. The molecule has 1 saturated heterocycles. The van der Waals surface area contributed by atoms with Gasteiger partial charge in [0.1, 0.15) is 19.2 Å². The summed E-state index contributed by atoms with van der Waals surface area (Å²) in [5, 5.41) is 13.3. The molecule has 1 aromatic heterocycles. The molecule has 6 nitrogen and oxygen atoms in total. The molecule has 0 unspecified atom stereocenters. The van der Waals surface area contributed by atoms with E-state index < -0.39 is 5.60 Å². The van der Waals surface area contributed by atoms with Crippen molar-refractivity contribution < 1.29 is 9.90 Å². The van der Waals surface area contributed by atoms with Crippen LogP contribution in [0.15, 0.2) is 12.7 Å². The van der Waals surface area contributed by atoms with Gasteiger partial charge in [0, 0.05) is 0 Å². The fourth-order valence-corrected chi connectivity index (χ4v) is 1.51. The molecule has 1 N–H and O–H groups in total. The van der Waals surface area contributed by atoms with Crippen molar-refractivity contribution in [3.63, 3.8) is 0 Å². The summed E-state index contributed by atoms with van der Waals surface area (Å²) in [6.45, 7) is 2.71. The number of hydrogen-bond donors (Lipinski definition) is 1. The van der Waals surface area contributed by atoms with Crippen molar-refractivity contribution in [3.05, 3.63) is 12.7 Å². The molecule has 0 bridgehead atoms. The zero-order valence-electron chi connectivity index (χ0n) is 7.92. The molecule has 2 rings (SSSR count). The van der Waals surface area contributed by atoms with Crippen molar-refractivity contribution in [2.45, 2.75) is 19.1 Å². The second-order valence-electron chi connectivity index (χ2n) is 3.84. The highest BCUT2D eigenvalue weighted by molar-refractivity contribution is 5.77. The molecule has 1 amide bonds. The number of likely N-dealkylation sites (tertiary alicyclic amines) is 1. The van der Waals surface area contributed by atoms with Crippen LogP contribution in [0.4, 0.5) is 0 Å². The number of aliphatic hydroxyl groups is 1. The van der Waals surface area contributed by atoms with Gasteiger partial charge < -0.3 is 10.0 Å². The number of rotatable bonds is 2. The van der Waals surface area contributed by atoms with Crippen molar-refractivity contribution in [2.24, 2.45) is 0 Å². The topological polar surface area (TPSA) is 71.2 Å². The maximum atomic E-state index is 11.5. The Kier molecular flexibility index (Phi) is 1.99. The first-order valence-corrected chi connectivity index (χ1v) is 4.39. The second-order valence-corrected chi connectivity index (χ2v) is 3.84. The quantitative estimate of drug-likeness (QED) is 0.649. The Morgan fingerprint density at radius 2 is 2.36 bits per heavy atom. The molecule has 1 aliphatic rings. The lowest BCUT2D eigenvalue weighted by Crippen LogP contribution is -2.62. The molecule has 0 spiro atoms. The molecule has 1 aliphatic heterocycles. The molecule has 0 aromatic carbocycles. The Morgan fingerprint density at radius 1 is 1.64 bits per heavy atom. The van der Waals surface area contributed by atoms with Crippen LogP contribution in [0.3, 0.4) is 0 Å². The Labute approximate surface area is 81.2 Å². The summed E-state index contributed by atoms with van der Waals surface area (Å²) in [7, 11) is 0. The average Bonchev–Trinajstić information content (AvgIpc) is 2.52. The lowest BCUT2D eigenvalue weighted by molar-refractivity contribution is -0.153. The highest BCUT2D eigenvalue weighted by atomic mass is 16.3. The minimum absolute atomic E-state index is 0.0398. The average molecular weight is 196 g/mol. The summed E-state index contributed by atoms with van der Waals surface area (Å²) >= 11 is 0. The molecule has 0 aliphatic carbocycles. The normalized spacial score (nSPS) is 19.1. The first-order chi connectivity index (χ1) is 6.57. The van der Waals surface area contributed by atoms with E-state index in [9.17, 15) is 9.90 Å². The number of carbonyl (C=O) groups is 1. The van der Waals surface area contributed by atoms with E-state index >= 15 is 0 Å². The van der Waals surface area contributed by atoms with Gasteiger partial charge in [0.15, 0.2) is 0 Å². The van der Waals surface area contributed by atoms with Gasteiger partial charge in [0.05, 0.1) is 18.7 Å². The van der Waals surface area contributed by atoms with Gasteiger partial charge in [-0.3, -0.25) is 4.79 Å². The van der Waals surface area contributed by atoms with Gasteiger partial charge in [-0.25, -0.2) is 9.67 Å². The fourth-order valence-electron chi connectivity index (χ4n) is 1.51. The second kappa shape index (κ2) is 3.06. The summed E-state index contributed by atoms with van der Waals surface area (Å²) in [5.74, 6) is -0.0398. The molecule has 76 valence electrons. The first kappa shape index (κ1) is 9.14. The van der Waals surface area contributed by atoms with Gasteiger partial charge >= 0.3 is 0 Å². The van der Waals surface area contributed by atoms with Crippen molar-refractivity contribution in [2.75, 3.05) is 13.1 Å². The molecule has 0 atom stereocenters. The van der Waals surface area contributed by atoms with Crippen LogP contribution in [0.1, 0.15) is 6.92 Å². The van der Waals surface area contributed by atoms with Gasteiger partial charge in [0.2, 0.25) is 5.91 Å². The number of carbonyl (C=O) groups excluding carboxylic acids is 1. The summed E-state index contributed by atoms with van der Waals surface area (Å²) in [4.78, 5) is 16.8. The Hall–Kier alpha value is -1.43. The van der Waals surface area contributed by atoms with Crippen LogP contribution >= 0.6 is 0 Å². The Balaban J connectivity index is 1.86. The Bertz CT molecular complexity index is 325. The van der Waals surface area contributed by atoms with Gasteiger partial charge in [-0.15, -0.1) is 0 Å². The smallest absolute Gasteiger partial charge is 0.244 e. The number of aromatic nitrogens is 3. The van der Waals surface area contributed by atoms with Crippen LogP contribution in [-0.2, 0) is 11.3 Å². The maximum Gasteiger partial charge on any atom is 0.244 e. The van der Waals surface area contributed by atoms with E-state index in [-0.39, 0.29) is 12.5 Å². The summed E-state index contributed by atoms with van der Waals surface area (Å²) in [5.41, 5.74) is -0.710. The largest absolute Gasteiger partial charge is 0.386 e. The van der Waals surface area contributed by atoms with Gasteiger partial charge in [-0.1, -0.05) is 0 Å². The highest BCUT2D eigenvalue weighted by Crippen LogP contribution is 2.19. The third kappa shape index (κ3) is 1.74. The van der Waals surface area contributed by atoms with Crippen LogP contribution in [-0.4, -0.2) is 49.4 Å². The maximum absolute atomic E-state index is 11.5. The van der Waals surface area contributed by atoms with E-state index in [1.54, 1.807) is 11.8 Å². The van der Waals surface area contributed by atoms with E-state index in [2.05, 4.69) is 10.1 Å². The highest BCUT2D eigenvalue weighted by Gasteiger charge is 2.39. The van der Waals surface area contributed by atoms with E-state index in [0.29, 0.717) is 13.1 Å². The first-order valence-electron chi connectivity index (χ1n) is 4.39. The lowest BCUT2D eigenvalue weighted by Gasteiger charge is -2.44. The number of amides is 1. The van der Waals surface area contributed by atoms with Crippen LogP contribution in [0.25, 0.3) is 0 Å². The van der Waals surface area contributed by atoms with Crippen LogP contribution in [0.5, 0.6) is 0 Å². The van der Waals surface area contributed by atoms with E-state index in [1.807, 2.05) is 0 Å². The summed E-state index contributed by atoms with van der Waals surface area (Å²) < 4.78 is 1.47. The fraction of sp³-hybridized carbons (Fsp3) is 0.625. The Morgan fingerprint density at radius 3 is 2.86 bits per heavy atom. The third-order valence-corrected chi connectivity index (χ3v) is 2.18. The minimum atomic E-state index is -0.710. The van der Waals surface area contributed by atoms with Crippen LogP contribution < -0.4 is 0 Å². The van der Waals surface area contributed by atoms with Crippen LogP contribution in [0, 0.1) is 0 Å². The predicted octanol–water partition coefficient (Wildman–Crippen LogP) is -1.13. The van der Waals surface area contributed by atoms with E-state index in [0.717, 1.165) is 0 Å². The van der Waals surface area contributed by atoms with E-state index in [1.165, 1.54) is 17.3 Å². The minimum Gasteiger partial charge on any atom is -0.386 e. The number of β-amino-alcohol motifs (C(OH)–C–C–N with tert-alkyl or cyclic N) is 1. The van der Waals surface area contributed by atoms with E-state index in [4.69, 9.17) is 0 Å². The molecule has 6 heteroatoms. The molecular formula is C8H12N4O2. The number of hydrogen-bond acceptors (Lipinski definition) is 4. The standard InChI is InChI=1S/C8H12N4O2/c1-8(14)3-11(4-8)7(13)2-12-6-9-5-10-12/h5-6,14H,2-4H2,1H3. The molecule has 1 fully saturated rings. The van der Waals surface area contributed by atoms with Gasteiger partial charge in [0.25, 0.3) is 0 Å². The predicted molar refractivity (Wildman–Crippen MR) is 47.2 cm³/mol. The molecule has 0 saturated carbocycles. The van der Waals surface area contributed by atoms with Crippen molar-refractivity contribution >= 4 is 5.91 Å². The third-order valence-electron chi connectivity index (χ3n) is 2.18. The number of nitrogens with zero attached hydrogens (tertiary/aromatic N) is 4. The molecule has 1 aromatic rings. The van der Waals surface area contributed by atoms with Crippen LogP contribution in [0.2, 0.25) is 0 Å². The summed E-state index contributed by atoms with van der Waals surface area (Å²) in [6, 6.07) is 0. The zero-order chi connectivity index (χ0) is 10.2. The van der Waals surface area contributed by atoms with Gasteiger partial charge in [-0.05, 0) is 6.92 Å². The SMILES string of the molecule is CC1(O)CN(C(=O)Cn2cncn2)C1. The van der Waals surface area contributed by atoms with Crippen molar-refractivity contribution in [1.29, 1.82) is 0 Å². The van der Waals surface area contributed by atoms with Gasteiger partial charge in [-0.2, -0.15) is 5.10 Å². The van der Waals surface area contributed by atoms with Crippen molar-refractivity contribution in [1.82, 2.24) is 19.7 Å². The van der Waals surface area contributed by atoms with Crippen molar-refractivity contribution in [3.8, 4) is 0 Å². The molecule has 0 radical (unpaired) electrons. The molecule has 2 heterocycles. The molecular weight excluding hydrogens is 184 g/mol. The zero-order valence-corrected chi connectivity index (χ0v) is 7.92. The lowest BCUT2D eigenvalue weighted by atomic mass is 9.97. The monoisotopic (exact) mass is 196 g/mol. The molecule has 14 heavy (non-hydrogen) atoms.